The number of nitrogens with one attached hydrogen (secondary N) is 1. The van der Waals surface area contributed by atoms with Crippen LogP contribution in [-0.2, 0) is 21.4 Å². The van der Waals surface area contributed by atoms with Crippen LogP contribution in [0.2, 0.25) is 0 Å². The van der Waals surface area contributed by atoms with Crippen molar-refractivity contribution in [2.75, 3.05) is 36.9 Å². The lowest BCUT2D eigenvalue weighted by Gasteiger charge is -2.26. The summed E-state index contributed by atoms with van der Waals surface area (Å²) in [5, 5.41) is 2.83. The van der Waals surface area contributed by atoms with E-state index in [1.54, 1.807) is 60.7 Å². The molecule has 10 heteroatoms. The minimum atomic E-state index is -4.08. The van der Waals surface area contributed by atoms with Gasteiger partial charge < -0.3 is 19.5 Å². The number of thioether (sulfide) groups is 1. The van der Waals surface area contributed by atoms with E-state index in [1.165, 1.54) is 11.8 Å². The van der Waals surface area contributed by atoms with Crippen molar-refractivity contribution in [1.82, 2.24) is 5.32 Å². The van der Waals surface area contributed by atoms with Crippen LogP contribution >= 0.6 is 11.8 Å². The highest BCUT2D eigenvalue weighted by atomic mass is 32.2. The smallest absolute Gasteiger partial charge is 0.264 e. The normalized spacial score (nSPS) is 11.1. The maximum Gasteiger partial charge on any atom is 0.264 e. The molecule has 1 N–H and O–H groups in total. The second-order valence-corrected chi connectivity index (χ2v) is 10.8. The van der Waals surface area contributed by atoms with Crippen LogP contribution in [0.5, 0.6) is 17.2 Å². The zero-order chi connectivity index (χ0) is 27.5. The summed E-state index contributed by atoms with van der Waals surface area (Å²) in [6.07, 6.45) is 1.92. The molecule has 0 aliphatic rings. The Labute approximate surface area is 229 Å². The zero-order valence-electron chi connectivity index (χ0n) is 22.1. The molecular formula is C28H34N2O6S2. The second kappa shape index (κ2) is 14.0. The van der Waals surface area contributed by atoms with Crippen molar-refractivity contribution < 1.29 is 27.4 Å². The molecular weight excluding hydrogens is 524 g/mol. The number of rotatable bonds is 14. The summed E-state index contributed by atoms with van der Waals surface area (Å²) in [7, 11) is -4.08. The Morgan fingerprint density at radius 3 is 2.13 bits per heavy atom. The Morgan fingerprint density at radius 1 is 0.842 bits per heavy atom. The third-order valence-electron chi connectivity index (χ3n) is 5.47. The number of para-hydroxylation sites is 2. The van der Waals surface area contributed by atoms with Crippen LogP contribution in [0.15, 0.2) is 76.5 Å². The van der Waals surface area contributed by atoms with Crippen molar-refractivity contribution in [3.63, 3.8) is 0 Å². The average Bonchev–Trinajstić information content (AvgIpc) is 2.92. The fourth-order valence-corrected chi connectivity index (χ4v) is 5.55. The second-order valence-electron chi connectivity index (χ2n) is 8.01. The maximum absolute atomic E-state index is 13.8. The molecule has 3 aromatic rings. The number of anilines is 1. The van der Waals surface area contributed by atoms with Crippen LogP contribution in [0.3, 0.4) is 0 Å². The van der Waals surface area contributed by atoms with Crippen LogP contribution in [0.25, 0.3) is 0 Å². The highest BCUT2D eigenvalue weighted by Crippen LogP contribution is 2.33. The summed E-state index contributed by atoms with van der Waals surface area (Å²) in [4.78, 5) is 14.1. The van der Waals surface area contributed by atoms with Crippen LogP contribution < -0.4 is 23.8 Å². The Balaban J connectivity index is 1.87. The molecule has 0 heterocycles. The number of nitrogens with zero attached hydrogens (tertiary/aromatic N) is 1. The molecule has 0 aliphatic carbocycles. The number of hydrogen-bond acceptors (Lipinski definition) is 7. The third-order valence-corrected chi connectivity index (χ3v) is 7.98. The van der Waals surface area contributed by atoms with Crippen LogP contribution in [0.4, 0.5) is 5.69 Å². The number of benzene rings is 3. The van der Waals surface area contributed by atoms with Gasteiger partial charge in [-0.1, -0.05) is 18.2 Å². The van der Waals surface area contributed by atoms with Gasteiger partial charge in [0.15, 0.2) is 11.5 Å². The fourth-order valence-electron chi connectivity index (χ4n) is 3.71. The van der Waals surface area contributed by atoms with E-state index >= 15 is 0 Å². The van der Waals surface area contributed by atoms with Crippen LogP contribution in [0, 0.1) is 0 Å². The zero-order valence-corrected chi connectivity index (χ0v) is 23.7. The monoisotopic (exact) mass is 558 g/mol. The van der Waals surface area contributed by atoms with Crippen LogP contribution in [-0.4, -0.2) is 46.9 Å². The minimum Gasteiger partial charge on any atom is -0.492 e. The SMILES string of the molecule is CCOc1ccc(CNC(=O)CN(c2ccccc2OCC)S(=O)(=O)c2ccc(SC)cc2)cc1OCC. The van der Waals surface area contributed by atoms with E-state index in [0.29, 0.717) is 37.1 Å². The van der Waals surface area contributed by atoms with Crippen molar-refractivity contribution in [2.45, 2.75) is 37.1 Å². The van der Waals surface area contributed by atoms with Gasteiger partial charge >= 0.3 is 0 Å². The van der Waals surface area contributed by atoms with Crippen molar-refractivity contribution in [3.8, 4) is 17.2 Å². The Morgan fingerprint density at radius 2 is 1.47 bits per heavy atom. The van der Waals surface area contributed by atoms with Crippen molar-refractivity contribution in [1.29, 1.82) is 0 Å². The van der Waals surface area contributed by atoms with E-state index in [9.17, 15) is 13.2 Å². The molecule has 0 saturated carbocycles. The molecule has 204 valence electrons. The largest absolute Gasteiger partial charge is 0.492 e. The first-order chi connectivity index (χ1) is 18.3. The minimum absolute atomic E-state index is 0.0854. The van der Waals surface area contributed by atoms with Gasteiger partial charge in [0.1, 0.15) is 12.3 Å². The molecule has 0 fully saturated rings. The Bertz CT molecular complexity index is 1310. The van der Waals surface area contributed by atoms with E-state index < -0.39 is 22.5 Å². The first kappa shape index (κ1) is 29.2. The van der Waals surface area contributed by atoms with Crippen molar-refractivity contribution >= 4 is 33.4 Å². The van der Waals surface area contributed by atoms with Gasteiger partial charge in [0.25, 0.3) is 10.0 Å². The molecule has 0 aliphatic heterocycles. The van der Waals surface area contributed by atoms with Gasteiger partial charge in [-0.15, -0.1) is 11.8 Å². The van der Waals surface area contributed by atoms with Crippen molar-refractivity contribution in [3.05, 3.63) is 72.3 Å². The number of carbonyl (C=O) groups excluding carboxylic acids is 1. The summed E-state index contributed by atoms with van der Waals surface area (Å²) in [6, 6.07) is 18.8. The van der Waals surface area contributed by atoms with Crippen molar-refractivity contribution in [2.24, 2.45) is 0 Å². The number of carbonyl (C=O) groups is 1. The lowest BCUT2D eigenvalue weighted by atomic mass is 10.2. The van der Waals surface area contributed by atoms with Crippen LogP contribution in [0.1, 0.15) is 26.3 Å². The van der Waals surface area contributed by atoms with E-state index in [4.69, 9.17) is 14.2 Å². The van der Waals surface area contributed by atoms with Gasteiger partial charge in [-0.05, 0) is 81.1 Å². The lowest BCUT2D eigenvalue weighted by molar-refractivity contribution is -0.119. The fraction of sp³-hybridized carbons (Fsp3) is 0.321. The molecule has 3 aromatic carbocycles. The summed E-state index contributed by atoms with van der Waals surface area (Å²) in [5.41, 5.74) is 1.08. The molecule has 0 unspecified atom stereocenters. The summed E-state index contributed by atoms with van der Waals surface area (Å²) >= 11 is 1.52. The first-order valence-electron chi connectivity index (χ1n) is 12.4. The Kier molecular flexibility index (Phi) is 10.7. The number of ether oxygens (including phenoxy) is 3. The summed E-state index contributed by atoms with van der Waals surface area (Å²) in [5.74, 6) is 1.12. The molecule has 0 aromatic heterocycles. The molecule has 0 saturated heterocycles. The number of amides is 1. The van der Waals surface area contributed by atoms with Gasteiger partial charge in [-0.2, -0.15) is 0 Å². The van der Waals surface area contributed by atoms with E-state index in [-0.39, 0.29) is 17.1 Å². The highest BCUT2D eigenvalue weighted by molar-refractivity contribution is 7.98. The number of sulfonamides is 1. The quantitative estimate of drug-likeness (QED) is 0.275. The van der Waals surface area contributed by atoms with E-state index in [0.717, 1.165) is 14.8 Å². The molecule has 1 amide bonds. The average molecular weight is 559 g/mol. The van der Waals surface area contributed by atoms with E-state index in [2.05, 4.69) is 5.32 Å². The first-order valence-corrected chi connectivity index (χ1v) is 15.0. The third kappa shape index (κ3) is 7.35. The van der Waals surface area contributed by atoms with Gasteiger partial charge in [-0.25, -0.2) is 8.42 Å². The molecule has 0 spiro atoms. The van der Waals surface area contributed by atoms with Gasteiger partial charge in [0.05, 0.1) is 30.4 Å². The molecule has 0 atom stereocenters. The molecule has 0 radical (unpaired) electrons. The van der Waals surface area contributed by atoms with E-state index in [1.807, 2.05) is 33.1 Å². The summed E-state index contributed by atoms with van der Waals surface area (Å²) < 4.78 is 45.6. The Hall–Kier alpha value is -3.37. The maximum atomic E-state index is 13.8. The standard InChI is InChI=1S/C28H34N2O6S2/c1-5-34-25-11-9-8-10-24(25)30(38(32,33)23-15-13-22(37-4)14-16-23)20-28(31)29-19-21-12-17-26(35-6-2)27(18-21)36-7-3/h8-18H,5-7,19-20H2,1-4H3,(H,29,31). The molecule has 38 heavy (non-hydrogen) atoms. The predicted octanol–water partition coefficient (Wildman–Crippen LogP) is 5.12. The van der Waals surface area contributed by atoms with Gasteiger partial charge in [0, 0.05) is 11.4 Å². The summed E-state index contributed by atoms with van der Waals surface area (Å²) in [6.45, 7) is 6.68. The molecule has 3 rings (SSSR count). The lowest BCUT2D eigenvalue weighted by Crippen LogP contribution is -2.40. The topological polar surface area (TPSA) is 94.2 Å². The molecule has 8 nitrogen and oxygen atoms in total. The van der Waals surface area contributed by atoms with Gasteiger partial charge in [-0.3, -0.25) is 9.10 Å². The molecule has 0 bridgehead atoms. The number of hydrogen-bond donors (Lipinski definition) is 1. The highest BCUT2D eigenvalue weighted by Gasteiger charge is 2.29. The predicted molar refractivity (Wildman–Crippen MR) is 151 cm³/mol. The van der Waals surface area contributed by atoms with Gasteiger partial charge in [0.2, 0.25) is 5.91 Å².